The van der Waals surface area contributed by atoms with Crippen molar-refractivity contribution in [3.05, 3.63) is 17.5 Å². The first-order valence-electron chi connectivity index (χ1n) is 5.17. The Morgan fingerprint density at radius 1 is 1.62 bits per heavy atom. The number of aromatic nitrogens is 2. The van der Waals surface area contributed by atoms with E-state index < -0.39 is 18.1 Å². The predicted molar refractivity (Wildman–Crippen MR) is 51.5 cm³/mol. The molecule has 0 radical (unpaired) electrons. The van der Waals surface area contributed by atoms with E-state index >= 15 is 0 Å². The van der Waals surface area contributed by atoms with Crippen LogP contribution >= 0.6 is 0 Å². The Hall–Kier alpha value is -1.46. The number of halogens is 2. The molecule has 1 aliphatic carbocycles. The largest absolute Gasteiger partial charge is 0.477 e. The van der Waals surface area contributed by atoms with Gasteiger partial charge in [-0.1, -0.05) is 6.42 Å². The van der Waals surface area contributed by atoms with Crippen molar-refractivity contribution in [1.82, 2.24) is 9.78 Å². The van der Waals surface area contributed by atoms with Crippen LogP contribution in [0.5, 0.6) is 0 Å². The average Bonchev–Trinajstić information content (AvgIpc) is 2.55. The molecule has 0 amide bonds. The molecule has 1 N–H and O–H groups in total. The zero-order valence-electron chi connectivity index (χ0n) is 8.57. The van der Waals surface area contributed by atoms with Crippen molar-refractivity contribution < 1.29 is 18.7 Å². The summed E-state index contributed by atoms with van der Waals surface area (Å²) in [5.41, 5.74) is -0.612. The fourth-order valence-electron chi connectivity index (χ4n) is 1.77. The van der Waals surface area contributed by atoms with Crippen LogP contribution in [-0.2, 0) is 6.54 Å². The molecule has 1 aliphatic rings. The SMILES string of the molecule is O=C(O)c1cc(C(F)F)nn1CC1CCC1. The molecule has 1 heterocycles. The highest BCUT2D eigenvalue weighted by Crippen LogP contribution is 2.29. The molecule has 1 fully saturated rings. The second-order valence-electron chi connectivity index (χ2n) is 4.04. The molecule has 16 heavy (non-hydrogen) atoms. The summed E-state index contributed by atoms with van der Waals surface area (Å²) in [6.07, 6.45) is 0.433. The predicted octanol–water partition coefficient (Wildman–Crippen LogP) is 2.32. The van der Waals surface area contributed by atoms with Crippen LogP contribution in [0.25, 0.3) is 0 Å². The van der Waals surface area contributed by atoms with Gasteiger partial charge in [0.15, 0.2) is 0 Å². The lowest BCUT2D eigenvalue weighted by Gasteiger charge is -2.25. The number of carbonyl (C=O) groups is 1. The Morgan fingerprint density at radius 3 is 2.75 bits per heavy atom. The highest BCUT2D eigenvalue weighted by atomic mass is 19.3. The number of carboxylic acids is 1. The van der Waals surface area contributed by atoms with Crippen LogP contribution in [0.2, 0.25) is 0 Å². The van der Waals surface area contributed by atoms with Crippen molar-refractivity contribution >= 4 is 5.97 Å². The van der Waals surface area contributed by atoms with Gasteiger partial charge in [-0.25, -0.2) is 13.6 Å². The number of rotatable bonds is 4. The smallest absolute Gasteiger partial charge is 0.354 e. The summed E-state index contributed by atoms with van der Waals surface area (Å²) in [5.74, 6) is -0.831. The van der Waals surface area contributed by atoms with Gasteiger partial charge in [0.2, 0.25) is 0 Å². The van der Waals surface area contributed by atoms with E-state index in [1.165, 1.54) is 4.68 Å². The lowest BCUT2D eigenvalue weighted by atomic mass is 9.85. The minimum atomic E-state index is -2.72. The molecule has 4 nitrogen and oxygen atoms in total. The molecule has 88 valence electrons. The van der Waals surface area contributed by atoms with Gasteiger partial charge in [0.1, 0.15) is 11.4 Å². The van der Waals surface area contributed by atoms with Crippen LogP contribution in [0.4, 0.5) is 8.78 Å². The first kappa shape index (κ1) is 11.0. The van der Waals surface area contributed by atoms with Crippen LogP contribution in [0.1, 0.15) is 41.9 Å². The summed E-state index contributed by atoms with van der Waals surface area (Å²) in [7, 11) is 0. The number of hydrogen-bond donors (Lipinski definition) is 1. The monoisotopic (exact) mass is 230 g/mol. The van der Waals surface area contributed by atoms with Gasteiger partial charge in [-0.2, -0.15) is 5.10 Å². The summed E-state index contributed by atoms with van der Waals surface area (Å²) in [5, 5.41) is 12.5. The minimum absolute atomic E-state index is 0.151. The van der Waals surface area contributed by atoms with E-state index in [1.807, 2.05) is 0 Å². The van der Waals surface area contributed by atoms with Crippen LogP contribution in [-0.4, -0.2) is 20.9 Å². The number of carboxylic acid groups (broad SMARTS) is 1. The van der Waals surface area contributed by atoms with E-state index in [9.17, 15) is 13.6 Å². The molecule has 1 aromatic rings. The molecule has 1 aromatic heterocycles. The second kappa shape index (κ2) is 4.19. The van der Waals surface area contributed by atoms with E-state index in [-0.39, 0.29) is 5.69 Å². The molecule has 0 aromatic carbocycles. The first-order valence-corrected chi connectivity index (χ1v) is 5.17. The molecule has 0 atom stereocenters. The third-order valence-corrected chi connectivity index (χ3v) is 2.90. The van der Waals surface area contributed by atoms with E-state index in [2.05, 4.69) is 5.10 Å². The van der Waals surface area contributed by atoms with Gasteiger partial charge in [0, 0.05) is 6.54 Å². The third-order valence-electron chi connectivity index (χ3n) is 2.90. The van der Waals surface area contributed by atoms with Gasteiger partial charge in [-0.05, 0) is 24.8 Å². The van der Waals surface area contributed by atoms with Crippen LogP contribution < -0.4 is 0 Å². The molecular formula is C10H12F2N2O2. The lowest BCUT2D eigenvalue weighted by Crippen LogP contribution is -2.21. The van der Waals surface area contributed by atoms with Gasteiger partial charge in [-0.3, -0.25) is 4.68 Å². The van der Waals surface area contributed by atoms with Crippen molar-refractivity contribution in [3.63, 3.8) is 0 Å². The summed E-state index contributed by atoms with van der Waals surface area (Å²) in [6, 6.07) is 0.950. The topological polar surface area (TPSA) is 55.1 Å². The van der Waals surface area contributed by atoms with Gasteiger partial charge in [0.25, 0.3) is 6.43 Å². The number of alkyl halides is 2. The molecule has 6 heteroatoms. The van der Waals surface area contributed by atoms with Gasteiger partial charge < -0.3 is 5.11 Å². The van der Waals surface area contributed by atoms with E-state index in [0.29, 0.717) is 12.5 Å². The normalized spacial score (nSPS) is 16.4. The summed E-state index contributed by atoms with van der Waals surface area (Å²) in [4.78, 5) is 10.8. The first-order chi connectivity index (χ1) is 7.58. The van der Waals surface area contributed by atoms with Crippen LogP contribution in [0.15, 0.2) is 6.07 Å². The number of nitrogens with zero attached hydrogens (tertiary/aromatic N) is 2. The summed E-state index contributed by atoms with van der Waals surface area (Å²) in [6.45, 7) is 0.425. The molecule has 0 aliphatic heterocycles. The maximum absolute atomic E-state index is 12.4. The molecule has 0 bridgehead atoms. The van der Waals surface area contributed by atoms with E-state index in [4.69, 9.17) is 5.11 Å². The second-order valence-corrected chi connectivity index (χ2v) is 4.04. The van der Waals surface area contributed by atoms with Gasteiger partial charge in [0.05, 0.1) is 0 Å². The number of hydrogen-bond acceptors (Lipinski definition) is 2. The molecule has 0 unspecified atom stereocenters. The van der Waals surface area contributed by atoms with E-state index in [1.54, 1.807) is 0 Å². The average molecular weight is 230 g/mol. The zero-order valence-corrected chi connectivity index (χ0v) is 8.57. The molecule has 1 saturated carbocycles. The third kappa shape index (κ3) is 2.05. The molecular weight excluding hydrogens is 218 g/mol. The van der Waals surface area contributed by atoms with Crippen LogP contribution in [0, 0.1) is 5.92 Å². The maximum atomic E-state index is 12.4. The highest BCUT2D eigenvalue weighted by molar-refractivity contribution is 5.85. The molecule has 0 spiro atoms. The number of aromatic carboxylic acids is 1. The van der Waals surface area contributed by atoms with Gasteiger partial charge >= 0.3 is 5.97 Å². The van der Waals surface area contributed by atoms with Crippen LogP contribution in [0.3, 0.4) is 0 Å². The highest BCUT2D eigenvalue weighted by Gasteiger charge is 2.24. The van der Waals surface area contributed by atoms with Crippen molar-refractivity contribution in [2.75, 3.05) is 0 Å². The Balaban J connectivity index is 2.22. The minimum Gasteiger partial charge on any atom is -0.477 e. The van der Waals surface area contributed by atoms with Gasteiger partial charge in [-0.15, -0.1) is 0 Å². The fraction of sp³-hybridized carbons (Fsp3) is 0.600. The Kier molecular flexibility index (Phi) is 2.89. The molecule has 0 saturated heterocycles. The Labute approximate surface area is 90.9 Å². The summed E-state index contributed by atoms with van der Waals surface area (Å²) >= 11 is 0. The van der Waals surface area contributed by atoms with Crippen molar-refractivity contribution in [3.8, 4) is 0 Å². The fourth-order valence-corrected chi connectivity index (χ4v) is 1.77. The standard InChI is InChI=1S/C10H12F2N2O2/c11-9(12)7-4-8(10(15)16)14(13-7)5-6-2-1-3-6/h4,6,9H,1-3,5H2,(H,15,16). The molecule has 2 rings (SSSR count). The Bertz CT molecular complexity index is 400. The van der Waals surface area contributed by atoms with Crippen molar-refractivity contribution in [1.29, 1.82) is 0 Å². The zero-order chi connectivity index (χ0) is 11.7. The maximum Gasteiger partial charge on any atom is 0.354 e. The van der Waals surface area contributed by atoms with Crippen molar-refractivity contribution in [2.45, 2.75) is 32.2 Å². The summed E-state index contributed by atoms with van der Waals surface area (Å²) < 4.78 is 26.0. The quantitative estimate of drug-likeness (QED) is 0.863. The Morgan fingerprint density at radius 2 is 2.31 bits per heavy atom. The van der Waals surface area contributed by atoms with E-state index in [0.717, 1.165) is 25.3 Å². The van der Waals surface area contributed by atoms with Crippen molar-refractivity contribution in [2.24, 2.45) is 5.92 Å². The lowest BCUT2D eigenvalue weighted by molar-refractivity contribution is 0.0680.